The van der Waals surface area contributed by atoms with Gasteiger partial charge in [-0.05, 0) is 84.0 Å². The fraction of sp³-hybridized carbons (Fsp3) is 0.450. The van der Waals surface area contributed by atoms with Crippen molar-refractivity contribution in [3.05, 3.63) is 81.7 Å². The number of aryl methyl sites for hydroxylation is 2. The second-order valence-electron chi connectivity index (χ2n) is 16.0. The van der Waals surface area contributed by atoms with Crippen LogP contribution in [0, 0.1) is 11.6 Å². The summed E-state index contributed by atoms with van der Waals surface area (Å²) in [5.74, 6) is -3.16. The Morgan fingerprint density at radius 3 is 1.18 bits per heavy atom. The number of nitrogens with one attached hydrogen (secondary N) is 4. The third-order valence-corrected chi connectivity index (χ3v) is 12.0. The van der Waals surface area contributed by atoms with Crippen molar-refractivity contribution in [1.29, 1.82) is 0 Å². The lowest BCUT2D eigenvalue weighted by atomic mass is 9.92. The van der Waals surface area contributed by atoms with Gasteiger partial charge in [0.25, 0.3) is 26.0 Å². The highest BCUT2D eigenvalue weighted by Crippen LogP contribution is 2.35. The zero-order chi connectivity index (χ0) is 47.3. The number of hydrogen-bond acceptors (Lipinski definition) is 10. The highest BCUT2D eigenvalue weighted by atomic mass is 32.2. The third-order valence-electron chi connectivity index (χ3n) is 9.55. The maximum Gasteiger partial charge on any atom is 0.354 e. The molecule has 4 rings (SSSR count). The number of carboxylic acids is 1. The third kappa shape index (κ3) is 12.1. The molecule has 0 saturated heterocycles. The van der Waals surface area contributed by atoms with E-state index in [1.165, 1.54) is 43.3 Å². The molecule has 0 saturated carbocycles. The topological polar surface area (TPSA) is 244 Å². The van der Waals surface area contributed by atoms with Crippen LogP contribution in [0.1, 0.15) is 136 Å². The Labute approximate surface area is 360 Å². The van der Waals surface area contributed by atoms with E-state index in [1.54, 1.807) is 7.05 Å². The number of hydrogen-bond donors (Lipinski definition) is 5. The number of nitrogens with zero attached hydrogens (tertiary/aromatic N) is 5. The average molecular weight is 908 g/mol. The first kappa shape index (κ1) is 50.5. The molecule has 18 nitrogen and oxygen atoms in total. The monoisotopic (exact) mass is 907 g/mol. The van der Waals surface area contributed by atoms with Gasteiger partial charge in [0.1, 0.15) is 23.0 Å². The number of aromatic nitrogens is 4. The van der Waals surface area contributed by atoms with Crippen molar-refractivity contribution >= 4 is 55.4 Å². The Balaban J connectivity index is 0.000000333. The van der Waals surface area contributed by atoms with Gasteiger partial charge in [-0.25, -0.2) is 32.6 Å². The number of sulfonamides is 2. The number of anilines is 2. The van der Waals surface area contributed by atoms with Gasteiger partial charge in [0.05, 0.1) is 0 Å². The van der Waals surface area contributed by atoms with E-state index in [2.05, 4.69) is 20.8 Å². The first-order chi connectivity index (χ1) is 28.5. The minimum absolute atomic E-state index is 0.0645. The zero-order valence-corrected chi connectivity index (χ0v) is 38.5. The van der Waals surface area contributed by atoms with Crippen molar-refractivity contribution < 1.29 is 49.9 Å². The van der Waals surface area contributed by atoms with Gasteiger partial charge < -0.3 is 20.6 Å². The predicted octanol–water partition coefficient (Wildman–Crippen LogP) is 6.81. The van der Waals surface area contributed by atoms with Gasteiger partial charge in [0, 0.05) is 50.7 Å². The zero-order valence-electron chi connectivity index (χ0n) is 36.9. The number of amides is 5. The summed E-state index contributed by atoms with van der Waals surface area (Å²) in [5.41, 5.74) is 2.55. The van der Waals surface area contributed by atoms with Crippen molar-refractivity contribution in [2.24, 2.45) is 14.1 Å². The fourth-order valence-corrected chi connectivity index (χ4v) is 7.79. The molecule has 4 aromatic rings. The molecule has 0 atom stereocenters. The van der Waals surface area contributed by atoms with Crippen LogP contribution in [0.25, 0.3) is 0 Å². The summed E-state index contributed by atoms with van der Waals surface area (Å²) in [6.07, 6.45) is 0. The molecule has 62 heavy (non-hydrogen) atoms. The van der Waals surface area contributed by atoms with Gasteiger partial charge in [-0.2, -0.15) is 27.0 Å². The minimum Gasteiger partial charge on any atom is -0.477 e. The Hall–Kier alpha value is -5.90. The Bertz CT molecular complexity index is 2510. The molecule has 0 aliphatic heterocycles. The summed E-state index contributed by atoms with van der Waals surface area (Å²) in [7, 11) is -4.48. The maximum absolute atomic E-state index is 14.1. The van der Waals surface area contributed by atoms with Gasteiger partial charge >= 0.3 is 18.0 Å². The van der Waals surface area contributed by atoms with Gasteiger partial charge in [-0.15, -0.1) is 0 Å². The van der Waals surface area contributed by atoms with Crippen LogP contribution in [0.3, 0.4) is 0 Å². The van der Waals surface area contributed by atoms with Crippen LogP contribution in [-0.2, 0) is 34.1 Å². The van der Waals surface area contributed by atoms with Crippen molar-refractivity contribution in [3.8, 4) is 0 Å². The van der Waals surface area contributed by atoms with Gasteiger partial charge in [-0.1, -0.05) is 55.4 Å². The predicted molar refractivity (Wildman–Crippen MR) is 228 cm³/mol. The van der Waals surface area contributed by atoms with E-state index in [0.717, 1.165) is 21.5 Å². The second-order valence-corrected chi connectivity index (χ2v) is 19.2. The highest BCUT2D eigenvalue weighted by Gasteiger charge is 2.29. The van der Waals surface area contributed by atoms with Crippen LogP contribution in [0.5, 0.6) is 0 Å². The largest absolute Gasteiger partial charge is 0.477 e. The molecule has 0 bridgehead atoms. The van der Waals surface area contributed by atoms with Crippen LogP contribution in [-0.4, -0.2) is 83.4 Å². The number of halogens is 2. The summed E-state index contributed by atoms with van der Waals surface area (Å²) in [6.45, 7) is 18.3. The minimum atomic E-state index is -4.42. The van der Waals surface area contributed by atoms with Crippen molar-refractivity contribution in [2.75, 3.05) is 17.7 Å². The molecule has 0 unspecified atom stereocenters. The van der Waals surface area contributed by atoms with Crippen LogP contribution < -0.4 is 20.1 Å². The molecule has 0 radical (unpaired) electrons. The Kier molecular flexibility index (Phi) is 16.2. The lowest BCUT2D eigenvalue weighted by molar-refractivity contribution is 0.0683. The lowest BCUT2D eigenvalue weighted by Gasteiger charge is -2.21. The molecule has 5 amide bonds. The number of urea groups is 2. The van der Waals surface area contributed by atoms with E-state index < -0.39 is 65.7 Å². The highest BCUT2D eigenvalue weighted by molar-refractivity contribution is 7.90. The molecule has 0 spiro atoms. The fourth-order valence-electron chi connectivity index (χ4n) is 6.00. The second kappa shape index (κ2) is 19.9. The standard InChI is InChI=1S/C22H32FN5O4S.C18H23FN4O5S/c1-12(2)16-9-15(23)10-17(13(3)4)20(16)24-22(30)26-33(31,32)19-11-18(28(8)25-19)21(29)27(7)14(5)6;1-9(2)12-6-11(19)7-13(10(3)4)16(12)20-18(26)22-29(27,28)15-8-14(17(24)25)23(5)21-15/h9-14H,1-8H3,(H2,24,26,30);6-10H,1-5H3,(H,24,25)(H2,20,22,26). The number of benzene rings is 2. The Morgan fingerprint density at radius 2 is 0.903 bits per heavy atom. The smallest absolute Gasteiger partial charge is 0.354 e. The van der Waals surface area contributed by atoms with Crippen LogP contribution in [0.4, 0.5) is 29.7 Å². The summed E-state index contributed by atoms with van der Waals surface area (Å²) in [5, 5.41) is 20.5. The van der Waals surface area contributed by atoms with Crippen LogP contribution in [0.15, 0.2) is 46.5 Å². The number of aromatic carboxylic acids is 1. The normalized spacial score (nSPS) is 11.8. The molecule has 0 fully saturated rings. The number of carbonyl (C=O) groups excluding carboxylic acids is 3. The maximum atomic E-state index is 14.1. The van der Waals surface area contributed by atoms with E-state index in [9.17, 15) is 44.8 Å². The first-order valence-corrected chi connectivity index (χ1v) is 22.4. The van der Waals surface area contributed by atoms with Crippen LogP contribution in [0.2, 0.25) is 0 Å². The SMILES string of the molecule is CC(C)c1cc(F)cc(C(C)C)c1NC(=O)NS(=O)(=O)c1cc(C(=O)N(C)C(C)C)n(C)n1.CC(C)c1cc(F)cc(C(C)C)c1NC(=O)NS(=O)(=O)c1cc(C(=O)O)n(C)n1. The van der Waals surface area contributed by atoms with Crippen molar-refractivity contribution in [2.45, 2.75) is 109 Å². The average Bonchev–Trinajstić information content (AvgIpc) is 3.75. The summed E-state index contributed by atoms with van der Waals surface area (Å²) in [4.78, 5) is 50.2. The molecule has 2 aromatic heterocycles. The number of carboxylic acid groups (broad SMARTS) is 1. The molecule has 0 aliphatic carbocycles. The van der Waals surface area contributed by atoms with Gasteiger partial charge in [-0.3, -0.25) is 14.2 Å². The molecule has 2 aromatic carbocycles. The summed E-state index contributed by atoms with van der Waals surface area (Å²) in [6, 6.07) is 5.01. The first-order valence-electron chi connectivity index (χ1n) is 19.4. The molecule has 0 aliphatic rings. The van der Waals surface area contributed by atoms with E-state index in [0.29, 0.717) is 33.6 Å². The summed E-state index contributed by atoms with van der Waals surface area (Å²) >= 11 is 0. The quantitative estimate of drug-likeness (QED) is 0.0933. The van der Waals surface area contributed by atoms with Gasteiger partial charge in [0.15, 0.2) is 10.1 Å². The van der Waals surface area contributed by atoms with Crippen LogP contribution >= 0.6 is 0 Å². The van der Waals surface area contributed by atoms with E-state index in [4.69, 9.17) is 5.11 Å². The lowest BCUT2D eigenvalue weighted by Crippen LogP contribution is -2.35. The van der Waals surface area contributed by atoms with E-state index >= 15 is 0 Å². The molecule has 22 heteroatoms. The molecule has 340 valence electrons. The van der Waals surface area contributed by atoms with Crippen molar-refractivity contribution in [1.82, 2.24) is 33.9 Å². The van der Waals surface area contributed by atoms with E-state index in [-0.39, 0.29) is 41.1 Å². The molecule has 5 N–H and O–H groups in total. The summed E-state index contributed by atoms with van der Waals surface area (Å²) < 4.78 is 84.2. The molecular formula is C40H55F2N9O9S2. The number of carbonyl (C=O) groups is 4. The van der Waals surface area contributed by atoms with Gasteiger partial charge in [0.2, 0.25) is 0 Å². The molecular weight excluding hydrogens is 853 g/mol. The number of rotatable bonds is 13. The van der Waals surface area contributed by atoms with Crippen molar-refractivity contribution in [3.63, 3.8) is 0 Å². The Morgan fingerprint density at radius 1 is 0.597 bits per heavy atom. The van der Waals surface area contributed by atoms with E-state index in [1.807, 2.05) is 78.7 Å². The molecule has 2 heterocycles.